The second-order valence-corrected chi connectivity index (χ2v) is 4.31. The van der Waals surface area contributed by atoms with Crippen LogP contribution < -0.4 is 10.5 Å². The molecule has 3 heteroatoms. The maximum atomic E-state index is 5.67. The molecule has 3 nitrogen and oxygen atoms in total. The summed E-state index contributed by atoms with van der Waals surface area (Å²) < 4.78 is 11.2. The minimum Gasteiger partial charge on any atom is -0.493 e. The first-order valence-electron chi connectivity index (χ1n) is 6.44. The maximum absolute atomic E-state index is 5.67. The van der Waals surface area contributed by atoms with Gasteiger partial charge in [0, 0.05) is 18.2 Å². The zero-order chi connectivity index (χ0) is 13.3. The first kappa shape index (κ1) is 13.4. The second-order valence-electron chi connectivity index (χ2n) is 4.31. The molecule has 0 atom stereocenters. The van der Waals surface area contributed by atoms with E-state index in [0.29, 0.717) is 19.8 Å². The predicted octanol–water partition coefficient (Wildman–Crippen LogP) is 3.25. The van der Waals surface area contributed by atoms with Crippen LogP contribution in [-0.2, 0) is 11.3 Å². The van der Waals surface area contributed by atoms with Gasteiger partial charge < -0.3 is 15.2 Å². The third-order valence-electron chi connectivity index (χ3n) is 2.67. The summed E-state index contributed by atoms with van der Waals surface area (Å²) in [6.07, 6.45) is 0.863. The molecule has 0 heterocycles. The molecule has 0 bridgehead atoms. The van der Waals surface area contributed by atoms with Gasteiger partial charge in [0.15, 0.2) is 0 Å². The number of nitrogens with two attached hydrogens (primary N) is 1. The summed E-state index contributed by atoms with van der Waals surface area (Å²) in [4.78, 5) is 0. The van der Waals surface area contributed by atoms with Gasteiger partial charge in [-0.15, -0.1) is 0 Å². The molecule has 0 amide bonds. The van der Waals surface area contributed by atoms with E-state index in [1.165, 1.54) is 5.56 Å². The van der Waals surface area contributed by atoms with Crippen LogP contribution in [0.4, 0.5) is 5.69 Å². The predicted molar refractivity (Wildman–Crippen MR) is 77.1 cm³/mol. The Morgan fingerprint density at radius 1 is 0.895 bits per heavy atom. The highest BCUT2D eigenvalue weighted by Crippen LogP contribution is 2.14. The molecule has 2 N–H and O–H groups in total. The minimum atomic E-state index is 0.637. The van der Waals surface area contributed by atoms with Crippen molar-refractivity contribution in [3.63, 3.8) is 0 Å². The Bertz CT molecular complexity index is 485. The summed E-state index contributed by atoms with van der Waals surface area (Å²) in [5, 5.41) is 0. The Morgan fingerprint density at radius 3 is 2.53 bits per heavy atom. The molecule has 0 aliphatic rings. The average Bonchev–Trinajstić information content (AvgIpc) is 2.44. The summed E-state index contributed by atoms with van der Waals surface area (Å²) in [6, 6.07) is 17.6. The number of rotatable bonds is 7. The summed E-state index contributed by atoms with van der Waals surface area (Å²) >= 11 is 0. The van der Waals surface area contributed by atoms with Crippen molar-refractivity contribution in [1.82, 2.24) is 0 Å². The first-order valence-corrected chi connectivity index (χ1v) is 6.44. The van der Waals surface area contributed by atoms with Crippen molar-refractivity contribution < 1.29 is 9.47 Å². The average molecular weight is 257 g/mol. The maximum Gasteiger partial charge on any atom is 0.121 e. The normalized spacial score (nSPS) is 10.3. The van der Waals surface area contributed by atoms with Gasteiger partial charge >= 0.3 is 0 Å². The molecule has 0 saturated carbocycles. The number of hydrogen-bond acceptors (Lipinski definition) is 3. The summed E-state index contributed by atoms with van der Waals surface area (Å²) in [6.45, 7) is 1.98. The fraction of sp³-hybridized carbons (Fsp3) is 0.250. The number of anilines is 1. The van der Waals surface area contributed by atoms with Crippen molar-refractivity contribution in [2.75, 3.05) is 18.9 Å². The molecule has 0 aliphatic heterocycles. The Balaban J connectivity index is 1.58. The van der Waals surface area contributed by atoms with Gasteiger partial charge in [-0.05, 0) is 17.7 Å². The summed E-state index contributed by atoms with van der Waals surface area (Å²) in [5.41, 5.74) is 7.58. The number of benzene rings is 2. The molecule has 19 heavy (non-hydrogen) atoms. The lowest BCUT2D eigenvalue weighted by atomic mass is 10.2. The van der Waals surface area contributed by atoms with Crippen molar-refractivity contribution in [2.24, 2.45) is 0 Å². The zero-order valence-corrected chi connectivity index (χ0v) is 10.9. The van der Waals surface area contributed by atoms with Gasteiger partial charge in [0.1, 0.15) is 5.75 Å². The lowest BCUT2D eigenvalue weighted by Crippen LogP contribution is -2.03. The van der Waals surface area contributed by atoms with E-state index in [0.717, 1.165) is 17.9 Å². The first-order chi connectivity index (χ1) is 9.34. The van der Waals surface area contributed by atoms with Gasteiger partial charge in [-0.1, -0.05) is 36.4 Å². The van der Waals surface area contributed by atoms with Crippen molar-refractivity contribution in [3.8, 4) is 5.75 Å². The third kappa shape index (κ3) is 5.02. The van der Waals surface area contributed by atoms with E-state index in [1.807, 2.05) is 42.5 Å². The Labute approximate surface area is 114 Å². The lowest BCUT2D eigenvalue weighted by molar-refractivity contribution is 0.107. The minimum absolute atomic E-state index is 0.637. The molecule has 0 saturated heterocycles. The van der Waals surface area contributed by atoms with E-state index < -0.39 is 0 Å². The monoisotopic (exact) mass is 257 g/mol. The lowest BCUT2D eigenvalue weighted by Gasteiger charge is -2.07. The van der Waals surface area contributed by atoms with E-state index in [4.69, 9.17) is 15.2 Å². The molecule has 2 aromatic carbocycles. The molecule has 2 aromatic rings. The van der Waals surface area contributed by atoms with Crippen molar-refractivity contribution in [3.05, 3.63) is 60.2 Å². The number of nitrogen functional groups attached to an aromatic ring is 1. The van der Waals surface area contributed by atoms with Crippen LogP contribution in [0.3, 0.4) is 0 Å². The van der Waals surface area contributed by atoms with Gasteiger partial charge in [-0.3, -0.25) is 0 Å². The van der Waals surface area contributed by atoms with Crippen LogP contribution in [0.5, 0.6) is 5.75 Å². The highest BCUT2D eigenvalue weighted by molar-refractivity contribution is 5.43. The van der Waals surface area contributed by atoms with Crippen LogP contribution in [0.1, 0.15) is 12.0 Å². The van der Waals surface area contributed by atoms with E-state index >= 15 is 0 Å². The van der Waals surface area contributed by atoms with E-state index in [2.05, 4.69) is 12.1 Å². The van der Waals surface area contributed by atoms with Gasteiger partial charge in [0.05, 0.1) is 19.8 Å². The SMILES string of the molecule is Nc1cccc(OCCCOCc2ccccc2)c1. The highest BCUT2D eigenvalue weighted by Gasteiger charge is 1.95. The van der Waals surface area contributed by atoms with Crippen molar-refractivity contribution >= 4 is 5.69 Å². The van der Waals surface area contributed by atoms with Crippen molar-refractivity contribution in [2.45, 2.75) is 13.0 Å². The highest BCUT2D eigenvalue weighted by atomic mass is 16.5. The molecule has 0 radical (unpaired) electrons. The standard InChI is InChI=1S/C16H19NO2/c17-15-8-4-9-16(12-15)19-11-5-10-18-13-14-6-2-1-3-7-14/h1-4,6-9,12H,5,10-11,13,17H2. The Kier molecular flexibility index (Phi) is 5.26. The Morgan fingerprint density at radius 2 is 1.74 bits per heavy atom. The number of ether oxygens (including phenoxy) is 2. The van der Waals surface area contributed by atoms with Crippen LogP contribution in [0.2, 0.25) is 0 Å². The van der Waals surface area contributed by atoms with E-state index in [-0.39, 0.29) is 0 Å². The zero-order valence-electron chi connectivity index (χ0n) is 10.9. The molecule has 0 unspecified atom stereocenters. The van der Waals surface area contributed by atoms with Gasteiger partial charge in [-0.2, -0.15) is 0 Å². The van der Waals surface area contributed by atoms with Crippen molar-refractivity contribution in [1.29, 1.82) is 0 Å². The number of hydrogen-bond donors (Lipinski definition) is 1. The summed E-state index contributed by atoms with van der Waals surface area (Å²) in [7, 11) is 0. The molecule has 0 aliphatic carbocycles. The van der Waals surface area contributed by atoms with Gasteiger partial charge in [0.25, 0.3) is 0 Å². The quantitative estimate of drug-likeness (QED) is 0.611. The fourth-order valence-electron chi connectivity index (χ4n) is 1.72. The summed E-state index contributed by atoms with van der Waals surface area (Å²) in [5.74, 6) is 0.808. The molecule has 0 fully saturated rings. The second kappa shape index (κ2) is 7.44. The molecule has 2 rings (SSSR count). The smallest absolute Gasteiger partial charge is 0.121 e. The largest absolute Gasteiger partial charge is 0.493 e. The van der Waals surface area contributed by atoms with Crippen LogP contribution >= 0.6 is 0 Å². The molecular formula is C16H19NO2. The fourth-order valence-corrected chi connectivity index (χ4v) is 1.72. The Hall–Kier alpha value is -2.00. The third-order valence-corrected chi connectivity index (χ3v) is 2.67. The molecule has 100 valence electrons. The molecular weight excluding hydrogens is 238 g/mol. The van der Waals surface area contributed by atoms with E-state index in [9.17, 15) is 0 Å². The van der Waals surface area contributed by atoms with Crippen LogP contribution in [0.25, 0.3) is 0 Å². The van der Waals surface area contributed by atoms with Gasteiger partial charge in [0.2, 0.25) is 0 Å². The van der Waals surface area contributed by atoms with Crippen LogP contribution in [-0.4, -0.2) is 13.2 Å². The van der Waals surface area contributed by atoms with Gasteiger partial charge in [-0.25, -0.2) is 0 Å². The van der Waals surface area contributed by atoms with Crippen LogP contribution in [0.15, 0.2) is 54.6 Å². The topological polar surface area (TPSA) is 44.5 Å². The van der Waals surface area contributed by atoms with E-state index in [1.54, 1.807) is 0 Å². The van der Waals surface area contributed by atoms with Crippen LogP contribution in [0, 0.1) is 0 Å². The molecule has 0 spiro atoms. The molecule has 0 aromatic heterocycles.